The summed E-state index contributed by atoms with van der Waals surface area (Å²) in [6.45, 7) is 6.54. The van der Waals surface area contributed by atoms with Crippen LogP contribution in [0, 0.1) is 0 Å². The van der Waals surface area contributed by atoms with Crippen LogP contribution in [0.1, 0.15) is 42.5 Å². The molecular formula is C12H20N2S2. The van der Waals surface area contributed by atoms with Crippen LogP contribution in [0.5, 0.6) is 0 Å². The molecule has 1 unspecified atom stereocenters. The normalized spacial score (nSPS) is 20.8. The van der Waals surface area contributed by atoms with Crippen LogP contribution >= 0.6 is 23.1 Å². The van der Waals surface area contributed by atoms with E-state index < -0.39 is 0 Å². The van der Waals surface area contributed by atoms with Gasteiger partial charge in [-0.1, -0.05) is 13.8 Å². The second kappa shape index (κ2) is 6.03. The zero-order valence-electron chi connectivity index (χ0n) is 10.0. The molecule has 2 rings (SSSR count). The summed E-state index contributed by atoms with van der Waals surface area (Å²) in [5.41, 5.74) is 0. The van der Waals surface area contributed by atoms with Crippen molar-refractivity contribution in [1.82, 2.24) is 10.3 Å². The Balaban J connectivity index is 1.72. The maximum absolute atomic E-state index is 4.44. The van der Waals surface area contributed by atoms with Crippen molar-refractivity contribution in [3.8, 4) is 0 Å². The van der Waals surface area contributed by atoms with Gasteiger partial charge in [-0.25, -0.2) is 4.98 Å². The summed E-state index contributed by atoms with van der Waals surface area (Å²) >= 11 is 3.96. The van der Waals surface area contributed by atoms with E-state index in [0.29, 0.717) is 5.92 Å². The molecule has 1 fully saturated rings. The summed E-state index contributed by atoms with van der Waals surface area (Å²) in [7, 11) is 0. The number of thiazole rings is 1. The van der Waals surface area contributed by atoms with Crippen molar-refractivity contribution >= 4 is 23.1 Å². The predicted octanol–water partition coefficient (Wildman–Crippen LogP) is 3.25. The van der Waals surface area contributed by atoms with E-state index in [-0.39, 0.29) is 0 Å². The van der Waals surface area contributed by atoms with Gasteiger partial charge >= 0.3 is 0 Å². The zero-order chi connectivity index (χ0) is 11.4. The van der Waals surface area contributed by atoms with Crippen molar-refractivity contribution in [2.75, 3.05) is 12.3 Å². The van der Waals surface area contributed by atoms with Crippen LogP contribution in [0.2, 0.25) is 0 Å². The zero-order valence-corrected chi connectivity index (χ0v) is 11.7. The molecule has 90 valence electrons. The van der Waals surface area contributed by atoms with Gasteiger partial charge < -0.3 is 5.32 Å². The quantitative estimate of drug-likeness (QED) is 0.875. The number of rotatable bonds is 5. The average Bonchev–Trinajstić information content (AvgIpc) is 2.87. The second-order valence-electron chi connectivity index (χ2n) is 4.59. The lowest BCUT2D eigenvalue weighted by atomic mass is 10.2. The highest BCUT2D eigenvalue weighted by Crippen LogP contribution is 2.25. The summed E-state index contributed by atoms with van der Waals surface area (Å²) in [5, 5.41) is 5.65. The highest BCUT2D eigenvalue weighted by molar-refractivity contribution is 8.00. The largest absolute Gasteiger partial charge is 0.311 e. The van der Waals surface area contributed by atoms with Gasteiger partial charge in [0, 0.05) is 35.3 Å². The van der Waals surface area contributed by atoms with E-state index in [1.807, 2.05) is 17.5 Å². The van der Waals surface area contributed by atoms with Gasteiger partial charge in [0.15, 0.2) is 0 Å². The van der Waals surface area contributed by atoms with Crippen molar-refractivity contribution in [3.05, 3.63) is 16.1 Å². The first kappa shape index (κ1) is 12.4. The van der Waals surface area contributed by atoms with Crippen molar-refractivity contribution in [1.29, 1.82) is 0 Å². The molecule has 1 aromatic heterocycles. The van der Waals surface area contributed by atoms with Crippen LogP contribution in [-0.4, -0.2) is 22.5 Å². The lowest BCUT2D eigenvalue weighted by molar-refractivity contribution is 0.650. The van der Waals surface area contributed by atoms with Crippen LogP contribution in [0.3, 0.4) is 0 Å². The molecule has 0 spiro atoms. The molecule has 0 aromatic carbocycles. The Morgan fingerprint density at radius 1 is 1.56 bits per heavy atom. The van der Waals surface area contributed by atoms with Gasteiger partial charge in [0.2, 0.25) is 0 Å². The Labute approximate surface area is 106 Å². The fourth-order valence-corrected chi connectivity index (χ4v) is 3.96. The van der Waals surface area contributed by atoms with Crippen molar-refractivity contribution in [2.45, 2.75) is 44.4 Å². The Kier molecular flexibility index (Phi) is 4.67. The van der Waals surface area contributed by atoms with Crippen LogP contribution in [0.15, 0.2) is 6.20 Å². The molecule has 0 amide bonds. The molecule has 1 atom stereocenters. The first-order valence-electron chi connectivity index (χ1n) is 6.02. The lowest BCUT2D eigenvalue weighted by Crippen LogP contribution is -2.22. The molecule has 1 aliphatic heterocycles. The third-order valence-corrected chi connectivity index (χ3v) is 5.46. The van der Waals surface area contributed by atoms with Crippen LogP contribution < -0.4 is 5.32 Å². The molecule has 16 heavy (non-hydrogen) atoms. The molecule has 0 radical (unpaired) electrons. The standard InChI is InChI=1S/C12H20N2S2/c1-9(2)12-14-8-11(16-12)7-13-6-10-4-3-5-15-10/h8-10,13H,3-7H2,1-2H3. The second-order valence-corrected chi connectivity index (χ2v) is 7.14. The van der Waals surface area contributed by atoms with Crippen molar-refractivity contribution in [3.63, 3.8) is 0 Å². The summed E-state index contributed by atoms with van der Waals surface area (Å²) in [6, 6.07) is 0. The Bertz CT molecular complexity index is 317. The van der Waals surface area contributed by atoms with E-state index in [1.165, 1.54) is 28.5 Å². The average molecular weight is 256 g/mol. The van der Waals surface area contributed by atoms with Crippen LogP contribution in [0.25, 0.3) is 0 Å². The number of hydrogen-bond acceptors (Lipinski definition) is 4. The Morgan fingerprint density at radius 2 is 2.44 bits per heavy atom. The molecule has 0 aliphatic carbocycles. The lowest BCUT2D eigenvalue weighted by Gasteiger charge is -2.08. The third kappa shape index (κ3) is 3.47. The fourth-order valence-electron chi connectivity index (χ4n) is 1.83. The van der Waals surface area contributed by atoms with Gasteiger partial charge in [-0.3, -0.25) is 0 Å². The number of hydrogen-bond donors (Lipinski definition) is 1. The van der Waals surface area contributed by atoms with Crippen LogP contribution in [-0.2, 0) is 6.54 Å². The van der Waals surface area contributed by atoms with E-state index in [1.54, 1.807) is 0 Å². The predicted molar refractivity (Wildman–Crippen MR) is 73.4 cm³/mol. The molecule has 1 aliphatic rings. The Morgan fingerprint density at radius 3 is 3.06 bits per heavy atom. The molecule has 1 N–H and O–H groups in total. The molecule has 4 heteroatoms. The van der Waals surface area contributed by atoms with Gasteiger partial charge in [0.1, 0.15) is 0 Å². The highest BCUT2D eigenvalue weighted by atomic mass is 32.2. The number of thioether (sulfide) groups is 1. The number of nitrogens with zero attached hydrogens (tertiary/aromatic N) is 1. The smallest absolute Gasteiger partial charge is 0.0953 e. The van der Waals surface area contributed by atoms with E-state index in [4.69, 9.17) is 0 Å². The molecule has 1 aromatic rings. The molecular weight excluding hydrogens is 236 g/mol. The summed E-state index contributed by atoms with van der Waals surface area (Å²) < 4.78 is 0. The maximum atomic E-state index is 4.44. The van der Waals surface area contributed by atoms with E-state index in [2.05, 4.69) is 35.9 Å². The van der Waals surface area contributed by atoms with E-state index in [9.17, 15) is 0 Å². The van der Waals surface area contributed by atoms with Gasteiger partial charge in [-0.2, -0.15) is 11.8 Å². The molecule has 0 bridgehead atoms. The fraction of sp³-hybridized carbons (Fsp3) is 0.750. The summed E-state index contributed by atoms with van der Waals surface area (Å²) in [5.74, 6) is 1.91. The summed E-state index contributed by atoms with van der Waals surface area (Å²) in [6.07, 6.45) is 4.81. The topological polar surface area (TPSA) is 24.9 Å². The van der Waals surface area contributed by atoms with Crippen molar-refractivity contribution in [2.24, 2.45) is 0 Å². The molecule has 0 saturated carbocycles. The maximum Gasteiger partial charge on any atom is 0.0953 e. The molecule has 2 heterocycles. The van der Waals surface area contributed by atoms with E-state index in [0.717, 1.165) is 18.3 Å². The van der Waals surface area contributed by atoms with Gasteiger partial charge in [0.25, 0.3) is 0 Å². The SMILES string of the molecule is CC(C)c1ncc(CNCC2CCCS2)s1. The molecule has 1 saturated heterocycles. The Hall–Kier alpha value is -0.0600. The monoisotopic (exact) mass is 256 g/mol. The van der Waals surface area contributed by atoms with Gasteiger partial charge in [-0.15, -0.1) is 11.3 Å². The minimum atomic E-state index is 0.559. The first-order chi connectivity index (χ1) is 7.75. The highest BCUT2D eigenvalue weighted by Gasteiger charge is 2.14. The molecule has 2 nitrogen and oxygen atoms in total. The minimum Gasteiger partial charge on any atom is -0.311 e. The van der Waals surface area contributed by atoms with E-state index >= 15 is 0 Å². The van der Waals surface area contributed by atoms with Crippen LogP contribution in [0.4, 0.5) is 0 Å². The minimum absolute atomic E-state index is 0.559. The first-order valence-corrected chi connectivity index (χ1v) is 7.89. The third-order valence-electron chi connectivity index (χ3n) is 2.76. The number of nitrogens with one attached hydrogen (secondary N) is 1. The van der Waals surface area contributed by atoms with Gasteiger partial charge in [0.05, 0.1) is 5.01 Å². The summed E-state index contributed by atoms with van der Waals surface area (Å²) in [4.78, 5) is 5.81. The van der Waals surface area contributed by atoms with Crippen molar-refractivity contribution < 1.29 is 0 Å². The van der Waals surface area contributed by atoms with Gasteiger partial charge in [-0.05, 0) is 18.6 Å². The number of aromatic nitrogens is 1.